The largest absolute Gasteiger partial charge is 0.497 e. The topological polar surface area (TPSA) is 36.0 Å². The summed E-state index contributed by atoms with van der Waals surface area (Å²) in [7, 11) is 1.68. The molecule has 0 radical (unpaired) electrons. The SMILES string of the molecule is COc1ccc(N2CCN(C(=O)C3CCN(Cc4cccc(Cl)c4)CC3)CC2)cc1. The molecule has 0 spiro atoms. The Morgan fingerprint density at radius 2 is 1.70 bits per heavy atom. The number of halogens is 1. The van der Waals surface area contributed by atoms with E-state index in [1.165, 1.54) is 11.3 Å². The minimum absolute atomic E-state index is 0.160. The number of likely N-dealkylation sites (tertiary alicyclic amines) is 1. The number of anilines is 1. The number of hydrogen-bond acceptors (Lipinski definition) is 4. The Balaban J connectivity index is 1.24. The molecule has 0 aromatic heterocycles. The summed E-state index contributed by atoms with van der Waals surface area (Å²) in [6.07, 6.45) is 1.89. The van der Waals surface area contributed by atoms with E-state index in [1.54, 1.807) is 7.11 Å². The second-order valence-electron chi connectivity index (χ2n) is 8.19. The first kappa shape index (κ1) is 21.0. The molecule has 5 nitrogen and oxygen atoms in total. The van der Waals surface area contributed by atoms with E-state index in [0.29, 0.717) is 5.91 Å². The zero-order valence-electron chi connectivity index (χ0n) is 17.6. The Hall–Kier alpha value is -2.24. The van der Waals surface area contributed by atoms with Crippen molar-refractivity contribution >= 4 is 23.2 Å². The van der Waals surface area contributed by atoms with Gasteiger partial charge in [-0.25, -0.2) is 0 Å². The van der Waals surface area contributed by atoms with Gasteiger partial charge in [0.05, 0.1) is 7.11 Å². The second-order valence-corrected chi connectivity index (χ2v) is 8.63. The fourth-order valence-electron chi connectivity index (χ4n) is 4.47. The van der Waals surface area contributed by atoms with E-state index in [2.05, 4.69) is 32.9 Å². The van der Waals surface area contributed by atoms with Crippen molar-refractivity contribution in [1.82, 2.24) is 9.80 Å². The Morgan fingerprint density at radius 3 is 2.33 bits per heavy atom. The predicted molar refractivity (Wildman–Crippen MR) is 121 cm³/mol. The van der Waals surface area contributed by atoms with Crippen LogP contribution in [-0.4, -0.2) is 62.1 Å². The van der Waals surface area contributed by atoms with E-state index in [0.717, 1.165) is 69.4 Å². The molecule has 0 aliphatic carbocycles. The molecule has 2 saturated heterocycles. The van der Waals surface area contributed by atoms with Crippen molar-refractivity contribution in [1.29, 1.82) is 0 Å². The van der Waals surface area contributed by atoms with Gasteiger partial charge in [-0.15, -0.1) is 0 Å². The minimum atomic E-state index is 0.160. The number of rotatable bonds is 5. The monoisotopic (exact) mass is 427 g/mol. The molecule has 0 unspecified atom stereocenters. The van der Waals surface area contributed by atoms with Crippen molar-refractivity contribution in [2.45, 2.75) is 19.4 Å². The maximum atomic E-state index is 13.0. The molecule has 2 aliphatic heterocycles. The number of carbonyl (C=O) groups is 1. The molecule has 160 valence electrons. The van der Waals surface area contributed by atoms with Gasteiger partial charge in [-0.2, -0.15) is 0 Å². The van der Waals surface area contributed by atoms with Gasteiger partial charge < -0.3 is 14.5 Å². The highest BCUT2D eigenvalue weighted by Crippen LogP contribution is 2.24. The normalized spacial score (nSPS) is 18.5. The number of piperazine rings is 1. The van der Waals surface area contributed by atoms with Gasteiger partial charge in [-0.05, 0) is 67.9 Å². The van der Waals surface area contributed by atoms with Gasteiger partial charge in [0.1, 0.15) is 5.75 Å². The van der Waals surface area contributed by atoms with E-state index in [1.807, 2.05) is 30.3 Å². The van der Waals surface area contributed by atoms with Gasteiger partial charge in [0.25, 0.3) is 0 Å². The molecule has 0 atom stereocenters. The highest BCUT2D eigenvalue weighted by molar-refractivity contribution is 6.30. The number of piperidine rings is 1. The molecule has 6 heteroatoms. The van der Waals surface area contributed by atoms with Crippen LogP contribution in [0.1, 0.15) is 18.4 Å². The van der Waals surface area contributed by atoms with Crippen LogP contribution in [0, 0.1) is 5.92 Å². The zero-order chi connectivity index (χ0) is 20.9. The third-order valence-electron chi connectivity index (χ3n) is 6.26. The number of methoxy groups -OCH3 is 1. The molecule has 2 aromatic rings. The molecule has 2 fully saturated rings. The molecule has 30 heavy (non-hydrogen) atoms. The number of ether oxygens (including phenoxy) is 1. The lowest BCUT2D eigenvalue weighted by Crippen LogP contribution is -2.51. The lowest BCUT2D eigenvalue weighted by molar-refractivity contribution is -0.137. The average molecular weight is 428 g/mol. The number of nitrogens with zero attached hydrogens (tertiary/aromatic N) is 3. The van der Waals surface area contributed by atoms with Gasteiger partial charge in [0.15, 0.2) is 0 Å². The van der Waals surface area contributed by atoms with E-state index < -0.39 is 0 Å². The Labute approximate surface area is 184 Å². The molecule has 2 aliphatic rings. The van der Waals surface area contributed by atoms with Gasteiger partial charge in [0, 0.05) is 49.4 Å². The second kappa shape index (κ2) is 9.71. The van der Waals surface area contributed by atoms with Crippen LogP contribution in [0.5, 0.6) is 5.75 Å². The highest BCUT2D eigenvalue weighted by atomic mass is 35.5. The van der Waals surface area contributed by atoms with Crippen molar-refractivity contribution in [3.05, 3.63) is 59.1 Å². The summed E-state index contributed by atoms with van der Waals surface area (Å²) >= 11 is 6.10. The smallest absolute Gasteiger partial charge is 0.225 e. The molecular weight excluding hydrogens is 398 g/mol. The van der Waals surface area contributed by atoms with Gasteiger partial charge in [-0.1, -0.05) is 23.7 Å². The maximum absolute atomic E-state index is 13.0. The maximum Gasteiger partial charge on any atom is 0.225 e. The first-order valence-corrected chi connectivity index (χ1v) is 11.1. The zero-order valence-corrected chi connectivity index (χ0v) is 18.4. The lowest BCUT2D eigenvalue weighted by Gasteiger charge is -2.39. The summed E-state index contributed by atoms with van der Waals surface area (Å²) < 4.78 is 5.24. The average Bonchev–Trinajstić information content (AvgIpc) is 2.79. The Bertz CT molecular complexity index is 842. The Morgan fingerprint density at radius 1 is 1.00 bits per heavy atom. The van der Waals surface area contributed by atoms with Crippen LogP contribution in [0.3, 0.4) is 0 Å². The van der Waals surface area contributed by atoms with Crippen LogP contribution >= 0.6 is 11.6 Å². The van der Waals surface area contributed by atoms with Gasteiger partial charge in [0.2, 0.25) is 5.91 Å². The summed E-state index contributed by atoms with van der Waals surface area (Å²) in [5.74, 6) is 1.37. The molecule has 4 rings (SSSR count). The third-order valence-corrected chi connectivity index (χ3v) is 6.50. The fraction of sp³-hybridized carbons (Fsp3) is 0.458. The van der Waals surface area contributed by atoms with Crippen LogP contribution in [0.25, 0.3) is 0 Å². The molecule has 2 aromatic carbocycles. The van der Waals surface area contributed by atoms with Crippen LogP contribution in [0.2, 0.25) is 5.02 Å². The number of benzene rings is 2. The summed E-state index contributed by atoms with van der Waals surface area (Å²) in [6, 6.07) is 16.2. The standard InChI is InChI=1S/C24H30ClN3O2/c1-30-23-7-5-22(6-8-23)27-13-15-28(16-14-27)24(29)20-9-11-26(12-10-20)18-19-3-2-4-21(25)17-19/h2-8,17,20H,9-16,18H2,1H3. The molecule has 0 saturated carbocycles. The molecule has 0 bridgehead atoms. The first-order valence-electron chi connectivity index (χ1n) is 10.8. The summed E-state index contributed by atoms with van der Waals surface area (Å²) in [5.41, 5.74) is 2.43. The van der Waals surface area contributed by atoms with E-state index in [-0.39, 0.29) is 5.92 Å². The molecule has 0 N–H and O–H groups in total. The predicted octanol–water partition coefficient (Wildman–Crippen LogP) is 3.91. The fourth-order valence-corrected chi connectivity index (χ4v) is 4.68. The van der Waals surface area contributed by atoms with Crippen molar-refractivity contribution in [3.63, 3.8) is 0 Å². The van der Waals surface area contributed by atoms with Gasteiger partial charge >= 0.3 is 0 Å². The van der Waals surface area contributed by atoms with Crippen molar-refractivity contribution in [3.8, 4) is 5.75 Å². The number of hydrogen-bond donors (Lipinski definition) is 0. The third kappa shape index (κ3) is 5.08. The van der Waals surface area contributed by atoms with Crippen molar-refractivity contribution in [2.75, 3.05) is 51.3 Å². The van der Waals surface area contributed by atoms with Crippen molar-refractivity contribution < 1.29 is 9.53 Å². The van der Waals surface area contributed by atoms with Gasteiger partial charge in [-0.3, -0.25) is 9.69 Å². The summed E-state index contributed by atoms with van der Waals surface area (Å²) in [6.45, 7) is 6.20. The molecular formula is C24H30ClN3O2. The number of carbonyl (C=O) groups excluding carboxylic acids is 1. The summed E-state index contributed by atoms with van der Waals surface area (Å²) in [5, 5.41) is 0.784. The van der Waals surface area contributed by atoms with Crippen LogP contribution in [-0.2, 0) is 11.3 Å². The van der Waals surface area contributed by atoms with Crippen LogP contribution in [0.15, 0.2) is 48.5 Å². The summed E-state index contributed by atoms with van der Waals surface area (Å²) in [4.78, 5) is 19.9. The first-order chi connectivity index (χ1) is 14.6. The van der Waals surface area contributed by atoms with Crippen LogP contribution < -0.4 is 9.64 Å². The quantitative estimate of drug-likeness (QED) is 0.724. The number of amides is 1. The van der Waals surface area contributed by atoms with E-state index in [9.17, 15) is 4.79 Å². The molecule has 1 amide bonds. The van der Waals surface area contributed by atoms with E-state index >= 15 is 0 Å². The Kier molecular flexibility index (Phi) is 6.80. The highest BCUT2D eigenvalue weighted by Gasteiger charge is 2.30. The van der Waals surface area contributed by atoms with Crippen molar-refractivity contribution in [2.24, 2.45) is 5.92 Å². The van der Waals surface area contributed by atoms with E-state index in [4.69, 9.17) is 16.3 Å². The minimum Gasteiger partial charge on any atom is -0.497 e. The lowest BCUT2D eigenvalue weighted by atomic mass is 9.94. The van der Waals surface area contributed by atoms with Crippen LogP contribution in [0.4, 0.5) is 5.69 Å². The molecule has 2 heterocycles.